The summed E-state index contributed by atoms with van der Waals surface area (Å²) in [5.41, 5.74) is 8.71. The number of fused-ring (bicyclic) bond motifs is 9. The molecule has 60 heavy (non-hydrogen) atoms. The van der Waals surface area contributed by atoms with Gasteiger partial charge in [0.15, 0.2) is 0 Å². The second kappa shape index (κ2) is 15.3. The summed E-state index contributed by atoms with van der Waals surface area (Å²) in [6, 6.07) is 13.1. The van der Waals surface area contributed by atoms with E-state index in [0.717, 1.165) is 110 Å². The number of pyridine rings is 2. The number of rotatable bonds is 5. The maximum absolute atomic E-state index is 14.0. The van der Waals surface area contributed by atoms with Gasteiger partial charge in [0.05, 0.1) is 64.6 Å². The molecule has 4 aromatic heterocycles. The van der Waals surface area contributed by atoms with Crippen LogP contribution in [0.4, 0.5) is 17.3 Å². The van der Waals surface area contributed by atoms with Crippen molar-refractivity contribution in [1.29, 1.82) is 0 Å². The summed E-state index contributed by atoms with van der Waals surface area (Å²) in [4.78, 5) is 60.0. The van der Waals surface area contributed by atoms with Crippen LogP contribution in [0.1, 0.15) is 78.2 Å². The van der Waals surface area contributed by atoms with Gasteiger partial charge in [-0.15, -0.1) is 0 Å². The highest BCUT2D eigenvalue weighted by atomic mass is 16.5. The predicted molar refractivity (Wildman–Crippen MR) is 228 cm³/mol. The first-order valence-corrected chi connectivity index (χ1v) is 21.5. The molecular weight excluding hydrogens is 759 g/mol. The van der Waals surface area contributed by atoms with Gasteiger partial charge in [0.25, 0.3) is 5.91 Å². The minimum atomic E-state index is -0.369. The molecule has 3 amide bonds. The second-order valence-corrected chi connectivity index (χ2v) is 17.7. The molecule has 10 rings (SSSR count). The average molecular weight is 812 g/mol. The first-order chi connectivity index (χ1) is 29.0. The van der Waals surface area contributed by atoms with Gasteiger partial charge in [-0.2, -0.15) is 5.10 Å². The van der Waals surface area contributed by atoms with E-state index in [4.69, 9.17) is 19.7 Å². The fraction of sp³-hybridized carbons (Fsp3) is 0.489. The Kier molecular flexibility index (Phi) is 9.80. The number of imidazole rings is 1. The Morgan fingerprint density at radius 3 is 2.50 bits per heavy atom. The van der Waals surface area contributed by atoms with Gasteiger partial charge in [-0.25, -0.2) is 9.67 Å². The van der Waals surface area contributed by atoms with E-state index in [2.05, 4.69) is 67.2 Å². The van der Waals surface area contributed by atoms with Gasteiger partial charge in [0.2, 0.25) is 23.6 Å². The van der Waals surface area contributed by atoms with Crippen molar-refractivity contribution < 1.29 is 19.1 Å². The fourth-order valence-electron chi connectivity index (χ4n) is 10.2. The number of nitrogens with zero attached hydrogens (tertiary/aromatic N) is 9. The molecule has 15 nitrogen and oxygen atoms in total. The van der Waals surface area contributed by atoms with Crippen LogP contribution >= 0.6 is 0 Å². The number of likely N-dealkylation sites (tertiary alicyclic amines) is 1. The lowest BCUT2D eigenvalue weighted by molar-refractivity contribution is -0.134. The summed E-state index contributed by atoms with van der Waals surface area (Å²) in [5, 5.41) is 10.1. The number of imide groups is 1. The first-order valence-electron chi connectivity index (χ1n) is 21.5. The highest BCUT2D eigenvalue weighted by Crippen LogP contribution is 2.38. The number of anilines is 3. The number of nitrogens with one attached hydrogen (secondary N) is 2. The van der Waals surface area contributed by atoms with Crippen molar-refractivity contribution in [2.45, 2.75) is 83.3 Å². The lowest BCUT2D eigenvalue weighted by atomic mass is 9.93. The van der Waals surface area contributed by atoms with Gasteiger partial charge in [-0.1, -0.05) is 0 Å². The van der Waals surface area contributed by atoms with Gasteiger partial charge in [0.1, 0.15) is 0 Å². The fourth-order valence-corrected chi connectivity index (χ4v) is 10.2. The molecule has 2 N–H and O–H groups in total. The van der Waals surface area contributed by atoms with Crippen molar-refractivity contribution in [2.75, 3.05) is 55.0 Å². The number of amides is 3. The van der Waals surface area contributed by atoms with Crippen LogP contribution in [0, 0.1) is 25.7 Å². The summed E-state index contributed by atoms with van der Waals surface area (Å²) in [7, 11) is 4.08. The topological polar surface area (TPSA) is 156 Å². The van der Waals surface area contributed by atoms with Crippen LogP contribution < -0.4 is 25.2 Å². The number of hydrogen-bond donors (Lipinski definition) is 2. The first kappa shape index (κ1) is 38.4. The standard InChI is InChI=1S/C45H53N11O4/c1-26-15-37(34-8-10-41(57)50-43(34)59)46-21-40(26)54-13-11-31(12-14-54)55-23-33(24-55)52(3)32-7-9-36-39(19-32)56-22-28-5-6-29(17-28)25-60-44-35(20-47-53(44)4)38-18-30(16-27(2)48-38)42(58)51-45(56)49-36/h7,9,15-16,18-21,28-29,31,33-34H,5-6,8,10-14,17,22-25H2,1-4H3,(H,49,51,58)(H,50,57,59)/t28-,29+,34?/m1/s1. The van der Waals surface area contributed by atoms with Crippen molar-refractivity contribution in [3.8, 4) is 17.1 Å². The highest BCUT2D eigenvalue weighted by Gasteiger charge is 2.37. The molecule has 3 saturated heterocycles. The number of aromatic nitrogens is 6. The molecule has 4 fully saturated rings. The van der Waals surface area contributed by atoms with E-state index in [9.17, 15) is 14.4 Å². The molecule has 1 saturated carbocycles. The molecule has 312 valence electrons. The van der Waals surface area contributed by atoms with E-state index in [0.29, 0.717) is 66.5 Å². The molecule has 5 aromatic rings. The lowest BCUT2D eigenvalue weighted by Gasteiger charge is -2.50. The van der Waals surface area contributed by atoms with Crippen LogP contribution in [-0.2, 0) is 23.2 Å². The molecule has 4 aliphatic heterocycles. The van der Waals surface area contributed by atoms with Gasteiger partial charge >= 0.3 is 0 Å². The van der Waals surface area contributed by atoms with E-state index < -0.39 is 0 Å². The minimum absolute atomic E-state index is 0.206. The number of ether oxygens (including phenoxy) is 1. The van der Waals surface area contributed by atoms with Crippen LogP contribution in [-0.4, -0.2) is 104 Å². The third-order valence-corrected chi connectivity index (χ3v) is 13.7. The van der Waals surface area contributed by atoms with Crippen molar-refractivity contribution in [1.82, 2.24) is 39.5 Å². The Morgan fingerprint density at radius 1 is 0.883 bits per heavy atom. The van der Waals surface area contributed by atoms with Crippen LogP contribution in [0.15, 0.2) is 48.8 Å². The number of hydrogen-bond acceptors (Lipinski definition) is 11. The SMILES string of the molecule is Cc1cc2cc(n1)-c1cnn(C)c1OC[C@H]1CC[C@H](C1)Cn1c(nc3ccc(N(C)C4CN(C5CCN(c6cnc(C7CCC(=O)NC7=O)cc6C)CC5)C4)cc31)NC2=O. The largest absolute Gasteiger partial charge is 0.477 e. The summed E-state index contributed by atoms with van der Waals surface area (Å²) < 4.78 is 10.4. The third kappa shape index (κ3) is 7.16. The van der Waals surface area contributed by atoms with Gasteiger partial charge in [0, 0.05) is 76.2 Å². The van der Waals surface area contributed by atoms with Crippen LogP contribution in [0.25, 0.3) is 22.3 Å². The van der Waals surface area contributed by atoms with Gasteiger partial charge in [-0.3, -0.25) is 39.9 Å². The van der Waals surface area contributed by atoms with Crippen LogP contribution in [0.3, 0.4) is 0 Å². The molecule has 0 radical (unpaired) electrons. The second-order valence-electron chi connectivity index (χ2n) is 17.7. The van der Waals surface area contributed by atoms with Crippen LogP contribution in [0.2, 0.25) is 0 Å². The zero-order valence-electron chi connectivity index (χ0n) is 34.9. The maximum atomic E-state index is 14.0. The Labute approximate surface area is 349 Å². The summed E-state index contributed by atoms with van der Waals surface area (Å²) in [5.74, 6) is 1.05. The van der Waals surface area contributed by atoms with E-state index in [1.807, 2.05) is 38.4 Å². The number of carbonyl (C=O) groups excluding carboxylic acids is 3. The molecule has 4 bridgehead atoms. The van der Waals surface area contributed by atoms with Crippen molar-refractivity contribution >= 4 is 46.1 Å². The molecule has 15 heteroatoms. The summed E-state index contributed by atoms with van der Waals surface area (Å²) in [6.45, 7) is 9.32. The number of carbonyl (C=O) groups is 3. The smallest absolute Gasteiger partial charge is 0.258 e. The van der Waals surface area contributed by atoms with Crippen LogP contribution in [0.5, 0.6) is 5.88 Å². The van der Waals surface area contributed by atoms with E-state index in [-0.39, 0.29) is 23.6 Å². The molecule has 8 heterocycles. The Hall–Kier alpha value is -5.83. The number of likely N-dealkylation sites (N-methyl/N-ethyl adjacent to an activating group) is 1. The number of benzene rings is 1. The maximum Gasteiger partial charge on any atom is 0.258 e. The normalized spacial score (nSPS) is 22.9. The third-order valence-electron chi connectivity index (χ3n) is 13.7. The van der Waals surface area contributed by atoms with E-state index >= 15 is 0 Å². The van der Waals surface area contributed by atoms with E-state index in [1.54, 1.807) is 10.9 Å². The Morgan fingerprint density at radius 2 is 1.70 bits per heavy atom. The Balaban J connectivity index is 0.821. The number of piperidine rings is 2. The molecule has 3 atom stereocenters. The quantitative estimate of drug-likeness (QED) is 0.225. The molecule has 1 aromatic carbocycles. The monoisotopic (exact) mass is 811 g/mol. The minimum Gasteiger partial charge on any atom is -0.477 e. The molecule has 1 unspecified atom stereocenters. The van der Waals surface area contributed by atoms with Crippen molar-refractivity contribution in [2.24, 2.45) is 18.9 Å². The highest BCUT2D eigenvalue weighted by molar-refractivity contribution is 6.05. The molecular formula is C45H53N11O4. The molecule has 0 spiro atoms. The van der Waals surface area contributed by atoms with Crippen molar-refractivity contribution in [3.63, 3.8) is 0 Å². The van der Waals surface area contributed by atoms with Gasteiger partial charge < -0.3 is 19.1 Å². The lowest BCUT2D eigenvalue weighted by Crippen LogP contribution is -2.63. The number of aryl methyl sites for hydroxylation is 3. The average Bonchev–Trinajstić information content (AvgIpc) is 3.92. The predicted octanol–water partition coefficient (Wildman–Crippen LogP) is 5.21. The van der Waals surface area contributed by atoms with E-state index in [1.165, 1.54) is 0 Å². The Bertz CT molecular complexity index is 2500. The van der Waals surface area contributed by atoms with Crippen molar-refractivity contribution in [3.05, 3.63) is 71.3 Å². The zero-order valence-corrected chi connectivity index (χ0v) is 34.9. The summed E-state index contributed by atoms with van der Waals surface area (Å²) in [6.07, 6.45) is 9.92. The zero-order chi connectivity index (χ0) is 41.2. The van der Waals surface area contributed by atoms with Gasteiger partial charge in [-0.05, 0) is 106 Å². The summed E-state index contributed by atoms with van der Waals surface area (Å²) >= 11 is 0. The molecule has 1 aliphatic carbocycles. The molecule has 5 aliphatic rings.